The second kappa shape index (κ2) is 7.41. The van der Waals surface area contributed by atoms with Crippen LogP contribution >= 0.6 is 0 Å². The minimum Gasteiger partial charge on any atom is -0.393 e. The van der Waals surface area contributed by atoms with Crippen molar-refractivity contribution in [3.63, 3.8) is 0 Å². The molecular formula is C18H25N5O4S. The molecular weight excluding hydrogens is 382 g/mol. The van der Waals surface area contributed by atoms with Gasteiger partial charge in [0, 0.05) is 42.8 Å². The van der Waals surface area contributed by atoms with Crippen LogP contribution in [0.5, 0.6) is 0 Å². The molecule has 2 N–H and O–H groups in total. The van der Waals surface area contributed by atoms with E-state index < -0.39 is 10.0 Å². The first-order valence-electron chi connectivity index (χ1n) is 9.59. The van der Waals surface area contributed by atoms with E-state index in [1.54, 1.807) is 16.8 Å². The molecule has 9 nitrogen and oxygen atoms in total. The number of fused-ring (bicyclic) bond motifs is 1. The molecule has 2 fully saturated rings. The van der Waals surface area contributed by atoms with Gasteiger partial charge < -0.3 is 10.4 Å². The predicted octanol–water partition coefficient (Wildman–Crippen LogP) is 0.713. The highest BCUT2D eigenvalue weighted by atomic mass is 32.2. The summed E-state index contributed by atoms with van der Waals surface area (Å²) in [6.07, 6.45) is 5.86. The summed E-state index contributed by atoms with van der Waals surface area (Å²) in [6, 6.07) is 3.25. The zero-order chi connectivity index (χ0) is 19.9. The van der Waals surface area contributed by atoms with Gasteiger partial charge in [-0.2, -0.15) is 4.98 Å². The molecule has 0 radical (unpaired) electrons. The first-order chi connectivity index (χ1) is 13.3. The molecule has 3 heterocycles. The van der Waals surface area contributed by atoms with Crippen LogP contribution in [-0.2, 0) is 10.0 Å². The van der Waals surface area contributed by atoms with Gasteiger partial charge in [0.15, 0.2) is 0 Å². The van der Waals surface area contributed by atoms with Crippen molar-refractivity contribution in [1.29, 1.82) is 0 Å². The maximum Gasteiger partial charge on any atom is 0.252 e. The van der Waals surface area contributed by atoms with Crippen LogP contribution in [0.1, 0.15) is 38.1 Å². The van der Waals surface area contributed by atoms with Gasteiger partial charge in [0.05, 0.1) is 12.4 Å². The van der Waals surface area contributed by atoms with Crippen molar-refractivity contribution in [2.75, 3.05) is 24.7 Å². The summed E-state index contributed by atoms with van der Waals surface area (Å²) < 4.78 is 26.4. The lowest BCUT2D eigenvalue weighted by molar-refractivity contribution is 0.178. The number of rotatable bonds is 4. The maximum atomic E-state index is 12.5. The van der Waals surface area contributed by atoms with Crippen molar-refractivity contribution in [3.8, 4) is 0 Å². The van der Waals surface area contributed by atoms with Crippen LogP contribution in [0, 0.1) is 0 Å². The minimum atomic E-state index is -3.16. The standard InChI is InChI=1S/C18H25N5O4S/c1-28(26,27)22-8-6-13(7-9-22)20-18-19-11-12-2-5-16(25)23(17(12)21-18)14-3-4-15(24)10-14/h2,5,11,13-15,24H,3-4,6-10H2,1H3,(H,19,20,21)/t14-,15-/m1/s1. The van der Waals surface area contributed by atoms with E-state index in [-0.39, 0.29) is 23.7 Å². The van der Waals surface area contributed by atoms with Crippen molar-refractivity contribution < 1.29 is 13.5 Å². The lowest BCUT2D eigenvalue weighted by Gasteiger charge is -2.30. The average Bonchev–Trinajstić information content (AvgIpc) is 3.07. The van der Waals surface area contributed by atoms with E-state index >= 15 is 0 Å². The molecule has 1 saturated carbocycles. The first-order valence-corrected chi connectivity index (χ1v) is 11.4. The molecule has 0 unspecified atom stereocenters. The number of aromatic nitrogens is 3. The van der Waals surface area contributed by atoms with Gasteiger partial charge in [-0.1, -0.05) is 0 Å². The van der Waals surface area contributed by atoms with Crippen LogP contribution in [0.15, 0.2) is 23.1 Å². The number of nitrogens with zero attached hydrogens (tertiary/aromatic N) is 4. The van der Waals surface area contributed by atoms with E-state index in [4.69, 9.17) is 0 Å². The van der Waals surface area contributed by atoms with Gasteiger partial charge in [0.25, 0.3) is 5.56 Å². The summed E-state index contributed by atoms with van der Waals surface area (Å²) >= 11 is 0. The van der Waals surface area contributed by atoms with Gasteiger partial charge in [-0.3, -0.25) is 9.36 Å². The number of anilines is 1. The molecule has 2 aromatic heterocycles. The second-order valence-corrected chi connectivity index (χ2v) is 9.70. The smallest absolute Gasteiger partial charge is 0.252 e. The van der Waals surface area contributed by atoms with E-state index in [1.807, 2.05) is 0 Å². The molecule has 152 valence electrons. The lowest BCUT2D eigenvalue weighted by atomic mass is 10.1. The number of nitrogens with one attached hydrogen (secondary N) is 1. The highest BCUT2D eigenvalue weighted by Crippen LogP contribution is 2.30. The van der Waals surface area contributed by atoms with E-state index in [2.05, 4.69) is 15.3 Å². The number of pyridine rings is 1. The van der Waals surface area contributed by atoms with E-state index in [0.717, 1.165) is 11.8 Å². The van der Waals surface area contributed by atoms with E-state index in [9.17, 15) is 18.3 Å². The average molecular weight is 407 g/mol. The molecule has 1 aliphatic carbocycles. The normalized spacial score (nSPS) is 24.6. The van der Waals surface area contributed by atoms with Crippen LogP contribution in [0.3, 0.4) is 0 Å². The quantitative estimate of drug-likeness (QED) is 0.766. The van der Waals surface area contributed by atoms with Gasteiger partial charge in [0.2, 0.25) is 16.0 Å². The zero-order valence-electron chi connectivity index (χ0n) is 15.8. The van der Waals surface area contributed by atoms with Crippen molar-refractivity contribution in [2.45, 2.75) is 50.3 Å². The number of sulfonamides is 1. The molecule has 0 bridgehead atoms. The Morgan fingerprint density at radius 2 is 1.93 bits per heavy atom. The van der Waals surface area contributed by atoms with Gasteiger partial charge in [0.1, 0.15) is 5.65 Å². The molecule has 2 aromatic rings. The third kappa shape index (κ3) is 3.89. The lowest BCUT2D eigenvalue weighted by Crippen LogP contribution is -2.42. The Kier molecular flexibility index (Phi) is 5.11. The molecule has 2 atom stereocenters. The highest BCUT2D eigenvalue weighted by Gasteiger charge is 2.27. The van der Waals surface area contributed by atoms with Crippen LogP contribution in [0.4, 0.5) is 5.95 Å². The molecule has 0 spiro atoms. The predicted molar refractivity (Wildman–Crippen MR) is 106 cm³/mol. The molecule has 1 saturated heterocycles. The Morgan fingerprint density at radius 1 is 1.18 bits per heavy atom. The molecule has 4 rings (SSSR count). The summed E-state index contributed by atoms with van der Waals surface area (Å²) in [5.74, 6) is 0.434. The summed E-state index contributed by atoms with van der Waals surface area (Å²) in [5.41, 5.74) is 0.440. The SMILES string of the molecule is CS(=O)(=O)N1CCC(Nc2ncc3ccc(=O)n([C@@H]4CC[C@@H](O)C4)c3n2)CC1. The van der Waals surface area contributed by atoms with Crippen LogP contribution in [0.25, 0.3) is 11.0 Å². The van der Waals surface area contributed by atoms with Crippen LogP contribution < -0.4 is 10.9 Å². The fraction of sp³-hybridized carbons (Fsp3) is 0.611. The van der Waals surface area contributed by atoms with Crippen LogP contribution in [-0.4, -0.2) is 63.9 Å². The van der Waals surface area contributed by atoms with E-state index in [1.165, 1.54) is 16.6 Å². The maximum absolute atomic E-state index is 12.5. The Hall–Kier alpha value is -2.04. The Labute approximate surface area is 163 Å². The number of piperidine rings is 1. The fourth-order valence-corrected chi connectivity index (χ4v) is 5.02. The van der Waals surface area contributed by atoms with Gasteiger partial charge in [-0.25, -0.2) is 17.7 Å². The van der Waals surface area contributed by atoms with E-state index in [0.29, 0.717) is 50.4 Å². The largest absolute Gasteiger partial charge is 0.393 e. The molecule has 10 heteroatoms. The zero-order valence-corrected chi connectivity index (χ0v) is 16.6. The van der Waals surface area contributed by atoms with Crippen molar-refractivity contribution in [2.24, 2.45) is 0 Å². The summed E-state index contributed by atoms with van der Waals surface area (Å²) in [5, 5.41) is 13.9. The number of hydrogen-bond donors (Lipinski definition) is 2. The van der Waals surface area contributed by atoms with Crippen molar-refractivity contribution in [1.82, 2.24) is 18.8 Å². The monoisotopic (exact) mass is 407 g/mol. The number of aliphatic hydroxyl groups is 1. The van der Waals surface area contributed by atoms with Crippen molar-refractivity contribution >= 4 is 27.0 Å². The summed E-state index contributed by atoms with van der Waals surface area (Å²) in [7, 11) is -3.16. The Morgan fingerprint density at radius 3 is 2.57 bits per heavy atom. The number of aliphatic hydroxyl groups excluding tert-OH is 1. The summed E-state index contributed by atoms with van der Waals surface area (Å²) in [6.45, 7) is 0.934. The molecule has 0 aromatic carbocycles. The third-order valence-corrected chi connectivity index (χ3v) is 6.97. The molecule has 2 aliphatic rings. The second-order valence-electron chi connectivity index (χ2n) is 7.72. The van der Waals surface area contributed by atoms with Crippen molar-refractivity contribution in [3.05, 3.63) is 28.7 Å². The van der Waals surface area contributed by atoms with Gasteiger partial charge in [-0.05, 0) is 38.2 Å². The Balaban J connectivity index is 1.57. The fourth-order valence-electron chi connectivity index (χ4n) is 4.14. The van der Waals surface area contributed by atoms with Gasteiger partial charge in [-0.15, -0.1) is 0 Å². The minimum absolute atomic E-state index is 0.0630. The highest BCUT2D eigenvalue weighted by molar-refractivity contribution is 7.88. The third-order valence-electron chi connectivity index (χ3n) is 5.67. The molecule has 1 aliphatic heterocycles. The molecule has 0 amide bonds. The molecule has 28 heavy (non-hydrogen) atoms. The first kappa shape index (κ1) is 19.3. The topological polar surface area (TPSA) is 117 Å². The van der Waals surface area contributed by atoms with Crippen LogP contribution in [0.2, 0.25) is 0 Å². The number of hydrogen-bond acceptors (Lipinski definition) is 7. The van der Waals surface area contributed by atoms with Gasteiger partial charge >= 0.3 is 0 Å². The summed E-state index contributed by atoms with van der Waals surface area (Å²) in [4.78, 5) is 21.5. The Bertz CT molecular complexity index is 1030.